The number of guanidine groups is 1. The molecule has 0 aliphatic heterocycles. The van der Waals surface area contributed by atoms with Crippen LogP contribution in [0.3, 0.4) is 0 Å². The normalized spacial score (nSPS) is 12.6. The molecule has 0 aromatic heterocycles. The summed E-state index contributed by atoms with van der Waals surface area (Å²) in [5.74, 6) is 2.26. The van der Waals surface area contributed by atoms with Gasteiger partial charge in [-0.3, -0.25) is 4.99 Å². The van der Waals surface area contributed by atoms with E-state index < -0.39 is 0 Å². The first-order chi connectivity index (χ1) is 9.08. The lowest BCUT2D eigenvalue weighted by Gasteiger charge is -2.21. The predicted octanol–water partition coefficient (Wildman–Crippen LogP) is 3.02. The molecule has 0 saturated heterocycles. The number of para-hydroxylation sites is 1. The topological polar surface area (TPSA) is 45.7 Å². The zero-order chi connectivity index (χ0) is 14.3. The maximum atomic E-state index is 5.33. The van der Waals surface area contributed by atoms with Crippen molar-refractivity contribution in [3.05, 3.63) is 29.8 Å². The molecule has 0 aliphatic rings. The van der Waals surface area contributed by atoms with Crippen LogP contribution in [0.2, 0.25) is 0 Å². The van der Waals surface area contributed by atoms with Gasteiger partial charge in [0.25, 0.3) is 0 Å². The van der Waals surface area contributed by atoms with Gasteiger partial charge in [0.15, 0.2) is 5.96 Å². The van der Waals surface area contributed by atoms with Crippen LogP contribution >= 0.6 is 24.0 Å². The van der Waals surface area contributed by atoms with Gasteiger partial charge in [-0.05, 0) is 18.9 Å². The monoisotopic (exact) mass is 391 g/mol. The molecule has 1 aromatic carbocycles. The molecule has 0 bridgehead atoms. The van der Waals surface area contributed by atoms with Crippen molar-refractivity contribution in [1.29, 1.82) is 0 Å². The Morgan fingerprint density at radius 2 is 1.90 bits per heavy atom. The number of hydrogen-bond acceptors (Lipinski definition) is 2. The van der Waals surface area contributed by atoms with Gasteiger partial charge in [0.05, 0.1) is 7.11 Å². The van der Waals surface area contributed by atoms with E-state index in [1.165, 1.54) is 0 Å². The SMILES string of the molecule is CN=C(NCc1ccccc1OC)NC(C)C(C)C.I. The summed E-state index contributed by atoms with van der Waals surface area (Å²) in [6, 6.07) is 8.36. The van der Waals surface area contributed by atoms with Gasteiger partial charge in [0.2, 0.25) is 0 Å². The zero-order valence-corrected chi connectivity index (χ0v) is 15.3. The summed E-state index contributed by atoms with van der Waals surface area (Å²) >= 11 is 0. The fourth-order valence-electron chi connectivity index (χ4n) is 1.60. The molecule has 114 valence electrons. The van der Waals surface area contributed by atoms with E-state index in [2.05, 4.69) is 36.4 Å². The zero-order valence-electron chi connectivity index (χ0n) is 12.9. The van der Waals surface area contributed by atoms with Crippen LogP contribution in [0, 0.1) is 5.92 Å². The van der Waals surface area contributed by atoms with Crippen molar-refractivity contribution in [3.8, 4) is 5.75 Å². The summed E-state index contributed by atoms with van der Waals surface area (Å²) in [6.07, 6.45) is 0. The number of halogens is 1. The van der Waals surface area contributed by atoms with E-state index in [0.29, 0.717) is 18.5 Å². The number of nitrogens with zero attached hydrogens (tertiary/aromatic N) is 1. The molecule has 1 aromatic rings. The molecule has 0 radical (unpaired) electrons. The predicted molar refractivity (Wildman–Crippen MR) is 96.0 cm³/mol. The summed E-state index contributed by atoms with van der Waals surface area (Å²) in [7, 11) is 3.47. The number of methoxy groups -OCH3 is 1. The van der Waals surface area contributed by atoms with E-state index in [-0.39, 0.29) is 24.0 Å². The molecule has 4 nitrogen and oxygen atoms in total. The van der Waals surface area contributed by atoms with Crippen molar-refractivity contribution in [1.82, 2.24) is 10.6 Å². The molecule has 20 heavy (non-hydrogen) atoms. The lowest BCUT2D eigenvalue weighted by atomic mass is 10.1. The van der Waals surface area contributed by atoms with Gasteiger partial charge in [-0.1, -0.05) is 32.0 Å². The maximum Gasteiger partial charge on any atom is 0.191 e. The highest BCUT2D eigenvalue weighted by molar-refractivity contribution is 14.0. The number of benzene rings is 1. The fraction of sp³-hybridized carbons (Fsp3) is 0.533. The fourth-order valence-corrected chi connectivity index (χ4v) is 1.60. The average Bonchev–Trinajstić information content (AvgIpc) is 2.43. The molecule has 0 saturated carbocycles. The second-order valence-electron chi connectivity index (χ2n) is 4.91. The van der Waals surface area contributed by atoms with E-state index in [0.717, 1.165) is 17.3 Å². The summed E-state index contributed by atoms with van der Waals surface area (Å²) in [4.78, 5) is 4.23. The van der Waals surface area contributed by atoms with Crippen molar-refractivity contribution < 1.29 is 4.74 Å². The number of ether oxygens (including phenoxy) is 1. The largest absolute Gasteiger partial charge is 0.496 e. The van der Waals surface area contributed by atoms with E-state index in [4.69, 9.17) is 4.74 Å². The number of nitrogens with one attached hydrogen (secondary N) is 2. The lowest BCUT2D eigenvalue weighted by molar-refractivity contribution is 0.409. The van der Waals surface area contributed by atoms with Crippen LogP contribution in [0.1, 0.15) is 26.3 Å². The number of aliphatic imine (C=N–C) groups is 1. The highest BCUT2D eigenvalue weighted by Gasteiger charge is 2.09. The molecular formula is C15H26IN3O. The third-order valence-corrected chi connectivity index (χ3v) is 3.23. The number of hydrogen-bond donors (Lipinski definition) is 2. The molecule has 5 heteroatoms. The molecule has 0 amide bonds. The second kappa shape index (κ2) is 9.85. The molecule has 1 unspecified atom stereocenters. The summed E-state index contributed by atoms with van der Waals surface area (Å²) in [6.45, 7) is 7.21. The Balaban J connectivity index is 0.00000361. The van der Waals surface area contributed by atoms with Gasteiger partial charge in [0.1, 0.15) is 5.75 Å². The summed E-state index contributed by atoms with van der Waals surface area (Å²) < 4.78 is 5.33. The minimum atomic E-state index is 0. The van der Waals surface area contributed by atoms with Gasteiger partial charge < -0.3 is 15.4 Å². The Hall–Kier alpha value is -0.980. The van der Waals surface area contributed by atoms with Crippen molar-refractivity contribution in [2.45, 2.75) is 33.4 Å². The van der Waals surface area contributed by atoms with Gasteiger partial charge >= 0.3 is 0 Å². The van der Waals surface area contributed by atoms with Crippen LogP contribution in [0.4, 0.5) is 0 Å². The minimum Gasteiger partial charge on any atom is -0.496 e. The van der Waals surface area contributed by atoms with Gasteiger partial charge in [-0.15, -0.1) is 24.0 Å². The molecule has 1 atom stereocenters. The van der Waals surface area contributed by atoms with Gasteiger partial charge in [0, 0.05) is 25.2 Å². The van der Waals surface area contributed by atoms with E-state index in [1.807, 2.05) is 24.3 Å². The first kappa shape index (κ1) is 19.0. The van der Waals surface area contributed by atoms with E-state index in [9.17, 15) is 0 Å². The molecule has 2 N–H and O–H groups in total. The molecule has 0 aliphatic carbocycles. The smallest absolute Gasteiger partial charge is 0.191 e. The van der Waals surface area contributed by atoms with Crippen LogP contribution < -0.4 is 15.4 Å². The molecule has 0 fully saturated rings. The Kier molecular flexibility index (Phi) is 9.37. The van der Waals surface area contributed by atoms with Crippen LogP contribution in [0.15, 0.2) is 29.3 Å². The minimum absolute atomic E-state index is 0. The van der Waals surface area contributed by atoms with E-state index in [1.54, 1.807) is 14.2 Å². The average molecular weight is 391 g/mol. The van der Waals surface area contributed by atoms with E-state index >= 15 is 0 Å². The van der Waals surface area contributed by atoms with Gasteiger partial charge in [-0.2, -0.15) is 0 Å². The Bertz CT molecular complexity index is 421. The molecule has 1 rings (SSSR count). The summed E-state index contributed by atoms with van der Waals surface area (Å²) in [5, 5.41) is 6.68. The standard InChI is InChI=1S/C15H25N3O.HI/c1-11(2)12(3)18-15(16-4)17-10-13-8-6-7-9-14(13)19-5;/h6-9,11-12H,10H2,1-5H3,(H2,16,17,18);1H. The van der Waals surface area contributed by atoms with Crippen molar-refractivity contribution in [2.75, 3.05) is 14.2 Å². The Labute approximate surface area is 139 Å². The highest BCUT2D eigenvalue weighted by atomic mass is 127. The number of rotatable bonds is 5. The highest BCUT2D eigenvalue weighted by Crippen LogP contribution is 2.16. The molecule has 0 spiro atoms. The third-order valence-electron chi connectivity index (χ3n) is 3.23. The maximum absolute atomic E-state index is 5.33. The molecular weight excluding hydrogens is 365 g/mol. The summed E-state index contributed by atoms with van der Waals surface area (Å²) in [5.41, 5.74) is 1.12. The second-order valence-corrected chi connectivity index (χ2v) is 4.91. The van der Waals surface area contributed by atoms with Crippen LogP contribution in [-0.4, -0.2) is 26.2 Å². The van der Waals surface area contributed by atoms with Gasteiger partial charge in [-0.25, -0.2) is 0 Å². The van der Waals surface area contributed by atoms with Crippen molar-refractivity contribution >= 4 is 29.9 Å². The van der Waals surface area contributed by atoms with Crippen molar-refractivity contribution in [2.24, 2.45) is 10.9 Å². The Morgan fingerprint density at radius 1 is 1.25 bits per heavy atom. The van der Waals surface area contributed by atoms with Crippen LogP contribution in [0.5, 0.6) is 5.75 Å². The third kappa shape index (κ3) is 5.98. The first-order valence-electron chi connectivity index (χ1n) is 6.67. The van der Waals surface area contributed by atoms with Crippen molar-refractivity contribution in [3.63, 3.8) is 0 Å². The first-order valence-corrected chi connectivity index (χ1v) is 6.67. The Morgan fingerprint density at radius 3 is 2.45 bits per heavy atom. The lowest BCUT2D eigenvalue weighted by Crippen LogP contribution is -2.43. The quantitative estimate of drug-likeness (QED) is 0.461. The van der Waals surface area contributed by atoms with Crippen LogP contribution in [-0.2, 0) is 6.54 Å². The van der Waals surface area contributed by atoms with Crippen LogP contribution in [0.25, 0.3) is 0 Å². The molecule has 0 heterocycles.